The first-order valence-electron chi connectivity index (χ1n) is 9.52. The Kier molecular flexibility index (Phi) is 6.48. The van der Waals surface area contributed by atoms with Crippen LogP contribution in [-0.2, 0) is 9.53 Å². The van der Waals surface area contributed by atoms with Gasteiger partial charge >= 0.3 is 5.97 Å². The van der Waals surface area contributed by atoms with Crippen LogP contribution in [0.15, 0.2) is 54.6 Å². The molecule has 1 saturated heterocycles. The topological polar surface area (TPSA) is 55.8 Å². The van der Waals surface area contributed by atoms with Gasteiger partial charge in [0.15, 0.2) is 0 Å². The number of esters is 1. The molecule has 0 aromatic heterocycles. The third kappa shape index (κ3) is 4.60. The molecule has 0 aliphatic carbocycles. The minimum Gasteiger partial charge on any atom is -0.494 e. The molecule has 1 heterocycles. The Balaban J connectivity index is 1.67. The fraction of sp³-hybridized carbons (Fsp3) is 0.304. The quantitative estimate of drug-likeness (QED) is 0.556. The maximum Gasteiger partial charge on any atom is 0.337 e. The van der Waals surface area contributed by atoms with Gasteiger partial charge in [-0.3, -0.25) is 4.79 Å². The van der Waals surface area contributed by atoms with Crippen molar-refractivity contribution >= 4 is 18.0 Å². The van der Waals surface area contributed by atoms with Gasteiger partial charge in [-0.1, -0.05) is 24.3 Å². The van der Waals surface area contributed by atoms with Crippen molar-refractivity contribution < 1.29 is 19.1 Å². The lowest BCUT2D eigenvalue weighted by Gasteiger charge is -2.24. The lowest BCUT2D eigenvalue weighted by molar-refractivity contribution is -0.126. The summed E-state index contributed by atoms with van der Waals surface area (Å²) in [5, 5.41) is 0. The average Bonchev–Trinajstić information content (AvgIpc) is 3.22. The van der Waals surface area contributed by atoms with E-state index in [0.717, 1.165) is 36.3 Å². The first-order chi connectivity index (χ1) is 13.6. The van der Waals surface area contributed by atoms with Crippen molar-refractivity contribution in [2.45, 2.75) is 25.8 Å². The van der Waals surface area contributed by atoms with Crippen LogP contribution in [0.3, 0.4) is 0 Å². The Morgan fingerprint density at radius 1 is 1.11 bits per heavy atom. The number of likely N-dealkylation sites (tertiary alicyclic amines) is 1. The number of hydrogen-bond acceptors (Lipinski definition) is 4. The van der Waals surface area contributed by atoms with E-state index < -0.39 is 0 Å². The standard InChI is InChI=1S/C23H25NO4/c1-3-28-20-13-11-18(12-14-20)21-5-4-16-24(21)22(25)15-8-17-6-9-19(10-7-17)23(26)27-2/h6-15,21H,3-5,16H2,1-2H3/b15-8+. The normalized spacial score (nSPS) is 16.4. The fourth-order valence-corrected chi connectivity index (χ4v) is 3.44. The first kappa shape index (κ1) is 19.7. The van der Waals surface area contributed by atoms with Gasteiger partial charge < -0.3 is 14.4 Å². The van der Waals surface area contributed by atoms with Crippen molar-refractivity contribution in [3.8, 4) is 5.75 Å². The fourth-order valence-electron chi connectivity index (χ4n) is 3.44. The molecule has 146 valence electrons. The molecule has 28 heavy (non-hydrogen) atoms. The summed E-state index contributed by atoms with van der Waals surface area (Å²) < 4.78 is 10.2. The van der Waals surface area contributed by atoms with E-state index >= 15 is 0 Å². The summed E-state index contributed by atoms with van der Waals surface area (Å²) in [5.74, 6) is 0.465. The Morgan fingerprint density at radius 2 is 1.82 bits per heavy atom. The second-order valence-electron chi connectivity index (χ2n) is 6.64. The second kappa shape index (κ2) is 9.22. The number of carbonyl (C=O) groups is 2. The highest BCUT2D eigenvalue weighted by atomic mass is 16.5. The maximum absolute atomic E-state index is 12.7. The van der Waals surface area contributed by atoms with Crippen LogP contribution in [0.2, 0.25) is 0 Å². The number of ether oxygens (including phenoxy) is 2. The van der Waals surface area contributed by atoms with Gasteiger partial charge in [-0.05, 0) is 61.2 Å². The van der Waals surface area contributed by atoms with Crippen LogP contribution >= 0.6 is 0 Å². The van der Waals surface area contributed by atoms with Crippen molar-refractivity contribution in [3.63, 3.8) is 0 Å². The molecule has 0 bridgehead atoms. The smallest absolute Gasteiger partial charge is 0.337 e. The zero-order valence-electron chi connectivity index (χ0n) is 16.3. The van der Waals surface area contributed by atoms with Gasteiger partial charge in [0.2, 0.25) is 5.91 Å². The van der Waals surface area contributed by atoms with E-state index in [1.54, 1.807) is 36.4 Å². The SMILES string of the molecule is CCOc1ccc(C2CCCN2C(=O)/C=C/c2ccc(C(=O)OC)cc2)cc1. The minimum absolute atomic E-state index is 0.00608. The van der Waals surface area contributed by atoms with E-state index in [0.29, 0.717) is 12.2 Å². The number of carbonyl (C=O) groups excluding carboxylic acids is 2. The summed E-state index contributed by atoms with van der Waals surface area (Å²) in [5.41, 5.74) is 2.48. The number of methoxy groups -OCH3 is 1. The number of hydrogen-bond donors (Lipinski definition) is 0. The molecule has 5 nitrogen and oxygen atoms in total. The first-order valence-corrected chi connectivity index (χ1v) is 9.52. The van der Waals surface area contributed by atoms with Gasteiger partial charge in [-0.15, -0.1) is 0 Å². The third-order valence-electron chi connectivity index (χ3n) is 4.86. The predicted octanol–water partition coefficient (Wildman–Crippen LogP) is 4.25. The molecule has 2 aromatic rings. The molecule has 1 aliphatic rings. The highest BCUT2D eigenvalue weighted by Gasteiger charge is 2.28. The molecule has 1 amide bonds. The van der Waals surface area contributed by atoms with E-state index in [-0.39, 0.29) is 17.9 Å². The van der Waals surface area contributed by atoms with Gasteiger partial charge in [0.1, 0.15) is 5.75 Å². The third-order valence-corrected chi connectivity index (χ3v) is 4.86. The number of benzene rings is 2. The minimum atomic E-state index is -0.373. The molecule has 0 N–H and O–H groups in total. The summed E-state index contributed by atoms with van der Waals surface area (Å²) in [7, 11) is 1.35. The van der Waals surface area contributed by atoms with Gasteiger partial charge in [0, 0.05) is 12.6 Å². The summed E-state index contributed by atoms with van der Waals surface area (Å²) in [4.78, 5) is 26.1. The summed E-state index contributed by atoms with van der Waals surface area (Å²) >= 11 is 0. The maximum atomic E-state index is 12.7. The lowest BCUT2D eigenvalue weighted by atomic mass is 10.0. The summed E-state index contributed by atoms with van der Waals surface area (Å²) in [6.07, 6.45) is 5.32. The molecular formula is C23H25NO4. The highest BCUT2D eigenvalue weighted by molar-refractivity contribution is 5.93. The Morgan fingerprint density at radius 3 is 2.46 bits per heavy atom. The average molecular weight is 379 g/mol. The molecule has 3 rings (SSSR count). The molecule has 0 saturated carbocycles. The molecular weight excluding hydrogens is 354 g/mol. The van der Waals surface area contributed by atoms with Crippen molar-refractivity contribution in [2.75, 3.05) is 20.3 Å². The largest absolute Gasteiger partial charge is 0.494 e. The number of nitrogens with zero attached hydrogens (tertiary/aromatic N) is 1. The van der Waals surface area contributed by atoms with E-state index in [1.165, 1.54) is 7.11 Å². The summed E-state index contributed by atoms with van der Waals surface area (Å²) in [6.45, 7) is 3.35. The molecule has 1 unspecified atom stereocenters. The van der Waals surface area contributed by atoms with Gasteiger partial charge in [0.25, 0.3) is 0 Å². The van der Waals surface area contributed by atoms with E-state index in [2.05, 4.69) is 0 Å². The van der Waals surface area contributed by atoms with Crippen molar-refractivity contribution in [1.82, 2.24) is 4.90 Å². The number of rotatable bonds is 6. The molecule has 1 fully saturated rings. The zero-order chi connectivity index (χ0) is 19.9. The van der Waals surface area contributed by atoms with Crippen LogP contribution < -0.4 is 4.74 Å². The molecule has 1 atom stereocenters. The van der Waals surface area contributed by atoms with Crippen LogP contribution in [-0.4, -0.2) is 37.0 Å². The van der Waals surface area contributed by atoms with Crippen LogP contribution in [0.4, 0.5) is 0 Å². The van der Waals surface area contributed by atoms with Crippen molar-refractivity contribution in [2.24, 2.45) is 0 Å². The summed E-state index contributed by atoms with van der Waals surface area (Å²) in [6, 6.07) is 15.1. The van der Waals surface area contributed by atoms with Crippen LogP contribution in [0, 0.1) is 0 Å². The van der Waals surface area contributed by atoms with E-state index in [4.69, 9.17) is 9.47 Å². The van der Waals surface area contributed by atoms with Gasteiger partial charge in [-0.2, -0.15) is 0 Å². The number of amides is 1. The van der Waals surface area contributed by atoms with Crippen molar-refractivity contribution in [1.29, 1.82) is 0 Å². The highest BCUT2D eigenvalue weighted by Crippen LogP contribution is 2.33. The van der Waals surface area contributed by atoms with Gasteiger partial charge in [-0.25, -0.2) is 4.79 Å². The lowest BCUT2D eigenvalue weighted by Crippen LogP contribution is -2.28. The molecule has 0 spiro atoms. The molecule has 1 aliphatic heterocycles. The molecule has 2 aromatic carbocycles. The van der Waals surface area contributed by atoms with Crippen LogP contribution in [0.5, 0.6) is 5.75 Å². The second-order valence-corrected chi connectivity index (χ2v) is 6.64. The molecule has 5 heteroatoms. The van der Waals surface area contributed by atoms with Crippen molar-refractivity contribution in [3.05, 3.63) is 71.3 Å². The van der Waals surface area contributed by atoms with E-state index in [1.807, 2.05) is 36.1 Å². The molecule has 0 radical (unpaired) electrons. The van der Waals surface area contributed by atoms with E-state index in [9.17, 15) is 9.59 Å². The Hall–Kier alpha value is -3.08. The van der Waals surface area contributed by atoms with Gasteiger partial charge in [0.05, 0.1) is 25.3 Å². The van der Waals surface area contributed by atoms with Crippen LogP contribution in [0.25, 0.3) is 6.08 Å². The van der Waals surface area contributed by atoms with Crippen LogP contribution in [0.1, 0.15) is 47.3 Å². The predicted molar refractivity (Wildman–Crippen MR) is 108 cm³/mol. The zero-order valence-corrected chi connectivity index (χ0v) is 16.3. The monoisotopic (exact) mass is 379 g/mol. The Bertz CT molecular complexity index is 840. The Labute approximate surface area is 165 Å².